The summed E-state index contributed by atoms with van der Waals surface area (Å²) in [5, 5.41) is 2.83. The monoisotopic (exact) mass is 290 g/mol. The van der Waals surface area contributed by atoms with Gasteiger partial charge in [-0.05, 0) is 26.7 Å². The molecule has 0 bridgehead atoms. The Balaban J connectivity index is 1.74. The molecular weight excluding hydrogens is 268 g/mol. The van der Waals surface area contributed by atoms with Gasteiger partial charge in [0.1, 0.15) is 0 Å². The lowest BCUT2D eigenvalue weighted by Gasteiger charge is -2.27. The minimum Gasteiger partial charge on any atom is -0.371 e. The second-order valence-electron chi connectivity index (χ2n) is 5.86. The zero-order valence-electron chi connectivity index (χ0n) is 11.5. The minimum absolute atomic E-state index is 0.0625. The summed E-state index contributed by atoms with van der Waals surface area (Å²) in [4.78, 5) is 13.4. The Morgan fingerprint density at radius 1 is 1.37 bits per heavy atom. The lowest BCUT2D eigenvalue weighted by atomic mass is 10.1. The lowest BCUT2D eigenvalue weighted by Crippen LogP contribution is -2.49. The summed E-state index contributed by atoms with van der Waals surface area (Å²) in [6.45, 7) is 5.15. The average molecular weight is 290 g/mol. The Morgan fingerprint density at radius 2 is 2.00 bits per heavy atom. The van der Waals surface area contributed by atoms with Crippen LogP contribution in [-0.4, -0.2) is 62.2 Å². The molecule has 1 N–H and O–H groups in total. The van der Waals surface area contributed by atoms with Gasteiger partial charge in [-0.3, -0.25) is 0 Å². The van der Waals surface area contributed by atoms with Gasteiger partial charge in [-0.2, -0.15) is 0 Å². The lowest BCUT2D eigenvalue weighted by molar-refractivity contribution is -0.0135. The molecule has 6 nitrogen and oxygen atoms in total. The van der Waals surface area contributed by atoms with E-state index in [9.17, 15) is 13.2 Å². The fraction of sp³-hybridized carbons (Fsp3) is 0.917. The molecule has 0 spiro atoms. The molecule has 0 radical (unpaired) electrons. The standard InChI is InChI=1S/C12H22N2O4S/c1-12(2)4-3-10(18-12)9-13-11(15)14-5-7-19(16,17)8-6-14/h10H,3-9H2,1-2H3,(H,13,15). The van der Waals surface area contributed by atoms with Crippen molar-refractivity contribution < 1.29 is 17.9 Å². The van der Waals surface area contributed by atoms with Gasteiger partial charge >= 0.3 is 6.03 Å². The van der Waals surface area contributed by atoms with Gasteiger partial charge in [0.2, 0.25) is 0 Å². The molecule has 2 fully saturated rings. The van der Waals surface area contributed by atoms with E-state index in [1.807, 2.05) is 13.8 Å². The highest BCUT2D eigenvalue weighted by molar-refractivity contribution is 7.91. The molecule has 7 heteroatoms. The van der Waals surface area contributed by atoms with Gasteiger partial charge in [0.25, 0.3) is 0 Å². The average Bonchev–Trinajstić information content (AvgIpc) is 2.66. The van der Waals surface area contributed by atoms with Crippen LogP contribution in [0.2, 0.25) is 0 Å². The second-order valence-corrected chi connectivity index (χ2v) is 8.17. The van der Waals surface area contributed by atoms with Crippen molar-refractivity contribution in [3.05, 3.63) is 0 Å². The van der Waals surface area contributed by atoms with Crippen LogP contribution in [0.4, 0.5) is 4.79 Å². The molecule has 2 rings (SSSR count). The quantitative estimate of drug-likeness (QED) is 0.798. The molecule has 2 aliphatic heterocycles. The summed E-state index contributed by atoms with van der Waals surface area (Å²) in [5.41, 5.74) is -0.103. The maximum absolute atomic E-state index is 11.9. The van der Waals surface area contributed by atoms with Crippen LogP contribution in [-0.2, 0) is 14.6 Å². The number of hydrogen-bond donors (Lipinski definition) is 1. The summed E-state index contributed by atoms with van der Waals surface area (Å²) in [6, 6.07) is -0.191. The summed E-state index contributed by atoms with van der Waals surface area (Å²) in [5.74, 6) is 0.126. The van der Waals surface area contributed by atoms with Crippen LogP contribution in [0.25, 0.3) is 0 Å². The third kappa shape index (κ3) is 4.07. The molecule has 19 heavy (non-hydrogen) atoms. The Hall–Kier alpha value is -0.820. The van der Waals surface area contributed by atoms with Gasteiger partial charge in [0.15, 0.2) is 9.84 Å². The Labute approximate surface area is 114 Å². The van der Waals surface area contributed by atoms with Gasteiger partial charge in [-0.1, -0.05) is 0 Å². The number of amides is 2. The van der Waals surface area contributed by atoms with Crippen molar-refractivity contribution in [2.45, 2.75) is 38.4 Å². The van der Waals surface area contributed by atoms with E-state index in [4.69, 9.17) is 4.74 Å². The molecule has 1 unspecified atom stereocenters. The van der Waals surface area contributed by atoms with Gasteiger partial charge in [-0.25, -0.2) is 13.2 Å². The summed E-state index contributed by atoms with van der Waals surface area (Å²) < 4.78 is 28.3. The van der Waals surface area contributed by atoms with Crippen LogP contribution in [0.5, 0.6) is 0 Å². The van der Waals surface area contributed by atoms with E-state index in [1.165, 1.54) is 0 Å². The molecular formula is C12H22N2O4S. The van der Waals surface area contributed by atoms with E-state index in [2.05, 4.69) is 5.32 Å². The number of rotatable bonds is 2. The van der Waals surface area contributed by atoms with Gasteiger partial charge in [0.05, 0.1) is 23.2 Å². The van der Waals surface area contributed by atoms with Gasteiger partial charge in [-0.15, -0.1) is 0 Å². The third-order valence-corrected chi connectivity index (χ3v) is 5.28. The molecule has 2 saturated heterocycles. The third-order valence-electron chi connectivity index (χ3n) is 3.67. The molecule has 0 aromatic rings. The number of carbonyl (C=O) groups is 1. The van der Waals surface area contributed by atoms with Crippen molar-refractivity contribution in [1.82, 2.24) is 10.2 Å². The molecule has 2 heterocycles. The zero-order valence-corrected chi connectivity index (χ0v) is 12.3. The van der Waals surface area contributed by atoms with E-state index < -0.39 is 9.84 Å². The Kier molecular flexibility index (Phi) is 4.06. The number of sulfone groups is 1. The normalized spacial score (nSPS) is 29.2. The number of nitrogens with zero attached hydrogens (tertiary/aromatic N) is 1. The maximum atomic E-state index is 11.9. The van der Waals surface area contributed by atoms with Gasteiger partial charge < -0.3 is 15.0 Å². The first kappa shape index (κ1) is 14.6. The van der Waals surface area contributed by atoms with E-state index in [0.717, 1.165) is 12.8 Å². The van der Waals surface area contributed by atoms with Crippen molar-refractivity contribution >= 4 is 15.9 Å². The Morgan fingerprint density at radius 3 is 2.53 bits per heavy atom. The molecule has 110 valence electrons. The van der Waals surface area contributed by atoms with E-state index in [0.29, 0.717) is 6.54 Å². The Bertz CT molecular complexity index is 433. The van der Waals surface area contributed by atoms with Crippen molar-refractivity contribution in [1.29, 1.82) is 0 Å². The van der Waals surface area contributed by atoms with Crippen LogP contribution < -0.4 is 5.32 Å². The van der Waals surface area contributed by atoms with E-state index in [-0.39, 0.29) is 42.3 Å². The number of urea groups is 1. The molecule has 0 aromatic carbocycles. The van der Waals surface area contributed by atoms with Crippen molar-refractivity contribution in [3.63, 3.8) is 0 Å². The second kappa shape index (κ2) is 5.28. The van der Waals surface area contributed by atoms with E-state index >= 15 is 0 Å². The molecule has 0 aromatic heterocycles. The molecule has 2 amide bonds. The number of carbonyl (C=O) groups excluding carboxylic acids is 1. The van der Waals surface area contributed by atoms with Crippen LogP contribution >= 0.6 is 0 Å². The highest BCUT2D eigenvalue weighted by Crippen LogP contribution is 2.28. The van der Waals surface area contributed by atoms with Crippen molar-refractivity contribution in [3.8, 4) is 0 Å². The molecule has 0 saturated carbocycles. The number of nitrogens with one attached hydrogen (secondary N) is 1. The van der Waals surface area contributed by atoms with Crippen molar-refractivity contribution in [2.75, 3.05) is 31.1 Å². The minimum atomic E-state index is -2.94. The van der Waals surface area contributed by atoms with Crippen LogP contribution in [0.15, 0.2) is 0 Å². The summed E-state index contributed by atoms with van der Waals surface area (Å²) in [6.07, 6.45) is 2.00. The van der Waals surface area contributed by atoms with Crippen molar-refractivity contribution in [2.24, 2.45) is 0 Å². The molecule has 2 aliphatic rings. The highest BCUT2D eigenvalue weighted by atomic mass is 32.2. The zero-order chi connectivity index (χ0) is 14.1. The first-order chi connectivity index (χ1) is 8.77. The SMILES string of the molecule is CC1(C)CCC(CNC(=O)N2CCS(=O)(=O)CC2)O1. The largest absolute Gasteiger partial charge is 0.371 e. The molecule has 0 aliphatic carbocycles. The van der Waals surface area contributed by atoms with E-state index in [1.54, 1.807) is 4.90 Å². The predicted octanol–water partition coefficient (Wildman–Crippen LogP) is 0.384. The fourth-order valence-corrected chi connectivity index (χ4v) is 3.65. The van der Waals surface area contributed by atoms with Crippen LogP contribution in [0.3, 0.4) is 0 Å². The number of ether oxygens (including phenoxy) is 1. The maximum Gasteiger partial charge on any atom is 0.317 e. The van der Waals surface area contributed by atoms with Crippen LogP contribution in [0, 0.1) is 0 Å². The van der Waals surface area contributed by atoms with Gasteiger partial charge in [0, 0.05) is 19.6 Å². The topological polar surface area (TPSA) is 75.7 Å². The first-order valence-corrected chi connectivity index (χ1v) is 8.51. The molecule has 1 atom stereocenters. The first-order valence-electron chi connectivity index (χ1n) is 6.68. The highest BCUT2D eigenvalue weighted by Gasteiger charge is 2.32. The number of hydrogen-bond acceptors (Lipinski definition) is 4. The smallest absolute Gasteiger partial charge is 0.317 e. The fourth-order valence-electron chi connectivity index (χ4n) is 2.45. The summed E-state index contributed by atoms with van der Waals surface area (Å²) in [7, 11) is -2.94. The summed E-state index contributed by atoms with van der Waals surface area (Å²) >= 11 is 0. The van der Waals surface area contributed by atoms with Crippen LogP contribution in [0.1, 0.15) is 26.7 Å². The predicted molar refractivity (Wildman–Crippen MR) is 71.8 cm³/mol.